The average molecular weight is 340 g/mol. The van der Waals surface area contributed by atoms with Crippen LogP contribution in [0.5, 0.6) is 0 Å². The zero-order valence-electron chi connectivity index (χ0n) is 11.7. The Bertz CT molecular complexity index is 748. The van der Waals surface area contributed by atoms with E-state index < -0.39 is 27.0 Å². The summed E-state index contributed by atoms with van der Waals surface area (Å²) in [5, 5.41) is 3.67. The van der Waals surface area contributed by atoms with Crippen molar-refractivity contribution < 1.29 is 19.0 Å². The fourth-order valence-corrected chi connectivity index (χ4v) is 2.72. The largest absolute Gasteiger partial charge is 0.382 e. The van der Waals surface area contributed by atoms with E-state index >= 15 is 0 Å². The molecule has 13 heteroatoms. The highest BCUT2D eigenvalue weighted by molar-refractivity contribution is 7.39. The minimum Gasteiger partial charge on any atom is -0.382 e. The van der Waals surface area contributed by atoms with Crippen LogP contribution in [-0.4, -0.2) is 48.1 Å². The molecule has 3 atom stereocenters. The van der Waals surface area contributed by atoms with Crippen molar-refractivity contribution in [3.63, 3.8) is 0 Å². The van der Waals surface area contributed by atoms with E-state index in [9.17, 15) is 0 Å². The third-order valence-corrected chi connectivity index (χ3v) is 3.84. The van der Waals surface area contributed by atoms with Crippen LogP contribution in [0.2, 0.25) is 0 Å². The number of ether oxygens (including phenoxy) is 1. The van der Waals surface area contributed by atoms with Crippen LogP contribution in [0.25, 0.3) is 21.6 Å². The predicted molar refractivity (Wildman–Crippen MR) is 78.5 cm³/mol. The van der Waals surface area contributed by atoms with Gasteiger partial charge in [-0.25, -0.2) is 15.0 Å². The van der Waals surface area contributed by atoms with Gasteiger partial charge in [-0.15, -0.1) is 0 Å². The molecule has 1 fully saturated rings. The molecule has 1 saturated heterocycles. The summed E-state index contributed by atoms with van der Waals surface area (Å²) in [4.78, 5) is 32.6. The Labute approximate surface area is 130 Å². The smallest absolute Gasteiger partial charge is 0.327 e. The number of anilines is 1. The molecule has 0 saturated carbocycles. The third-order valence-electron chi connectivity index (χ3n) is 3.46. The average Bonchev–Trinajstić information content (AvgIpc) is 3.10. The number of nitrogens with two attached hydrogens (primary N) is 1. The van der Waals surface area contributed by atoms with Crippen molar-refractivity contribution in [2.45, 2.75) is 24.8 Å². The van der Waals surface area contributed by atoms with Crippen molar-refractivity contribution in [3.05, 3.63) is 23.1 Å². The zero-order valence-corrected chi connectivity index (χ0v) is 12.6. The van der Waals surface area contributed by atoms with E-state index in [2.05, 4.69) is 25.0 Å². The number of hydrogen-bond acceptors (Lipinski definition) is 9. The lowest BCUT2D eigenvalue weighted by Gasteiger charge is -2.16. The molecule has 122 valence electrons. The first-order valence-corrected chi connectivity index (χ1v) is 7.70. The lowest BCUT2D eigenvalue weighted by atomic mass is 10.1. The summed E-state index contributed by atoms with van der Waals surface area (Å²) < 4.78 is 12.2. The molecular weight excluding hydrogens is 327 g/mol. The lowest BCUT2D eigenvalue weighted by Crippen LogP contribution is -2.24. The van der Waals surface area contributed by atoms with Gasteiger partial charge in [0, 0.05) is 11.3 Å². The maximum absolute atomic E-state index is 8.84. The Morgan fingerprint density at radius 3 is 3.09 bits per heavy atom. The second kappa shape index (κ2) is 6.59. The minimum absolute atomic E-state index is 0.108. The maximum Gasteiger partial charge on any atom is 0.327 e. The van der Waals surface area contributed by atoms with Crippen LogP contribution in [0, 0.1) is 0 Å². The number of rotatable bonds is 5. The van der Waals surface area contributed by atoms with Gasteiger partial charge in [0.1, 0.15) is 18.1 Å². The van der Waals surface area contributed by atoms with Crippen molar-refractivity contribution in [1.29, 1.82) is 0 Å². The number of nitrogen functional groups attached to an aromatic ring is 1. The molecule has 0 spiro atoms. The number of imidazole rings is 1. The topological polar surface area (TPSA) is 177 Å². The van der Waals surface area contributed by atoms with Crippen molar-refractivity contribution in [3.8, 4) is 0 Å². The highest BCUT2D eigenvalue weighted by atomic mass is 31.2. The van der Waals surface area contributed by atoms with E-state index in [4.69, 9.17) is 30.3 Å². The van der Waals surface area contributed by atoms with Gasteiger partial charge >= 0.3 is 8.60 Å². The molecule has 4 N–H and O–H groups in total. The monoisotopic (exact) mass is 340 g/mol. The third kappa shape index (κ3) is 3.17. The Hall–Kier alpha value is -2.07. The normalized spacial score (nSPS) is 24.2. The van der Waals surface area contributed by atoms with E-state index in [1.807, 2.05) is 0 Å². The lowest BCUT2D eigenvalue weighted by molar-refractivity contribution is -0.0201. The molecule has 0 aliphatic carbocycles. The summed E-state index contributed by atoms with van der Waals surface area (Å²) in [6.45, 7) is -0.108. The number of hydrogen-bond donors (Lipinski definition) is 3. The van der Waals surface area contributed by atoms with Crippen LogP contribution < -0.4 is 5.73 Å². The SMILES string of the molecule is [N-]=[N+]=N[C@H]1C[C@H](n2cnc3c(N)ncnc32)O[C@@H]1COP(O)O. The molecule has 1 aliphatic heterocycles. The molecule has 0 unspecified atom stereocenters. The Balaban J connectivity index is 1.85. The van der Waals surface area contributed by atoms with E-state index in [0.29, 0.717) is 17.6 Å². The van der Waals surface area contributed by atoms with E-state index in [1.165, 1.54) is 12.7 Å². The van der Waals surface area contributed by atoms with E-state index in [1.54, 1.807) is 4.57 Å². The molecule has 3 heterocycles. The highest BCUT2D eigenvalue weighted by Crippen LogP contribution is 2.35. The predicted octanol–water partition coefficient (Wildman–Crippen LogP) is 0.603. The number of aromatic nitrogens is 4. The molecule has 2 aromatic heterocycles. The minimum atomic E-state index is -2.51. The first kappa shape index (κ1) is 15.8. The summed E-state index contributed by atoms with van der Waals surface area (Å²) >= 11 is 0. The van der Waals surface area contributed by atoms with Gasteiger partial charge in [-0.1, -0.05) is 5.11 Å². The maximum atomic E-state index is 8.84. The van der Waals surface area contributed by atoms with Crippen LogP contribution in [0.1, 0.15) is 12.6 Å². The summed E-state index contributed by atoms with van der Waals surface area (Å²) in [5.74, 6) is 0.254. The Morgan fingerprint density at radius 1 is 1.52 bits per heavy atom. The summed E-state index contributed by atoms with van der Waals surface area (Å²) in [7, 11) is -2.51. The molecule has 0 aromatic carbocycles. The first-order chi connectivity index (χ1) is 11.1. The molecule has 0 amide bonds. The molecule has 2 aromatic rings. The van der Waals surface area contributed by atoms with Crippen molar-refractivity contribution in [2.24, 2.45) is 5.11 Å². The van der Waals surface area contributed by atoms with Crippen LogP contribution >= 0.6 is 8.60 Å². The van der Waals surface area contributed by atoms with Gasteiger partial charge in [0.05, 0.1) is 25.1 Å². The van der Waals surface area contributed by atoms with Crippen LogP contribution in [0.3, 0.4) is 0 Å². The van der Waals surface area contributed by atoms with E-state index in [0.717, 1.165) is 0 Å². The molecule has 12 nitrogen and oxygen atoms in total. The Kier molecular flexibility index (Phi) is 4.53. The first-order valence-electron chi connectivity index (χ1n) is 6.53. The van der Waals surface area contributed by atoms with Crippen molar-refractivity contribution in [2.75, 3.05) is 12.3 Å². The molecular formula is C10H13N8O4P. The molecule has 3 rings (SSSR count). The summed E-state index contributed by atoms with van der Waals surface area (Å²) in [6, 6.07) is -0.517. The molecule has 1 aliphatic rings. The van der Waals surface area contributed by atoms with Crippen molar-refractivity contribution in [1.82, 2.24) is 19.5 Å². The van der Waals surface area contributed by atoms with Crippen molar-refractivity contribution >= 4 is 25.6 Å². The highest BCUT2D eigenvalue weighted by Gasteiger charge is 2.37. The molecule has 0 bridgehead atoms. The standard InChI is InChI=1S/C10H13N8O4P/c11-9-8-10(14-3-13-9)18(4-15-8)7-1-5(16-17-12)6(22-7)2-21-23(19)20/h3-7,19-20H,1-2H2,(H2,11,13,14)/t5-,6+,7+/m0/s1. The second-order valence-electron chi connectivity index (χ2n) is 4.77. The fourth-order valence-electron chi connectivity index (χ4n) is 2.44. The summed E-state index contributed by atoms with van der Waals surface area (Å²) in [6.07, 6.45) is 2.09. The van der Waals surface area contributed by atoms with E-state index in [-0.39, 0.29) is 12.4 Å². The Morgan fingerprint density at radius 2 is 2.35 bits per heavy atom. The fraction of sp³-hybridized carbons (Fsp3) is 0.500. The number of nitrogens with zero attached hydrogens (tertiary/aromatic N) is 7. The van der Waals surface area contributed by atoms with Crippen LogP contribution in [-0.2, 0) is 9.26 Å². The summed E-state index contributed by atoms with van der Waals surface area (Å²) in [5.41, 5.74) is 15.3. The van der Waals surface area contributed by atoms with Gasteiger partial charge in [0.15, 0.2) is 11.5 Å². The van der Waals surface area contributed by atoms with Gasteiger partial charge in [-0.3, -0.25) is 4.57 Å². The van der Waals surface area contributed by atoms with Gasteiger partial charge in [-0.05, 0) is 5.53 Å². The number of azide groups is 1. The van der Waals surface area contributed by atoms with Gasteiger partial charge in [0.2, 0.25) is 0 Å². The number of fused-ring (bicyclic) bond motifs is 1. The van der Waals surface area contributed by atoms with Crippen LogP contribution in [0.4, 0.5) is 5.82 Å². The molecule has 23 heavy (non-hydrogen) atoms. The zero-order chi connectivity index (χ0) is 16.4. The quantitative estimate of drug-likeness (QED) is 0.306. The van der Waals surface area contributed by atoms with Gasteiger partial charge in [0.25, 0.3) is 0 Å². The van der Waals surface area contributed by atoms with Gasteiger partial charge < -0.3 is 24.8 Å². The van der Waals surface area contributed by atoms with Crippen LogP contribution in [0.15, 0.2) is 17.8 Å². The molecule has 0 radical (unpaired) electrons. The second-order valence-corrected chi connectivity index (χ2v) is 5.53. The van der Waals surface area contributed by atoms with Gasteiger partial charge in [-0.2, -0.15) is 0 Å².